The van der Waals surface area contributed by atoms with Crippen molar-refractivity contribution in [1.29, 1.82) is 0 Å². The Morgan fingerprint density at radius 3 is 2.83 bits per heavy atom. The third-order valence-electron chi connectivity index (χ3n) is 3.98. The van der Waals surface area contributed by atoms with Gasteiger partial charge in [-0.2, -0.15) is 0 Å². The first-order valence-corrected chi connectivity index (χ1v) is 7.34. The molecule has 1 aromatic heterocycles. The van der Waals surface area contributed by atoms with E-state index in [2.05, 4.69) is 26.0 Å². The molecule has 0 bridgehead atoms. The largest absolute Gasteiger partial charge is 0.383 e. The molecule has 94 valence electrons. The minimum Gasteiger partial charge on any atom is -0.383 e. The van der Waals surface area contributed by atoms with Crippen molar-refractivity contribution < 1.29 is 5.11 Å². The SMILES string of the molecule is Cc1cccc(C(O)c2cc3c(s2)CCC3)c1C. The van der Waals surface area contributed by atoms with Crippen LogP contribution < -0.4 is 0 Å². The van der Waals surface area contributed by atoms with Crippen molar-refractivity contribution in [1.82, 2.24) is 0 Å². The first kappa shape index (κ1) is 11.9. The van der Waals surface area contributed by atoms with Crippen LogP contribution in [0.5, 0.6) is 0 Å². The first-order chi connectivity index (χ1) is 8.66. The third kappa shape index (κ3) is 1.90. The average molecular weight is 258 g/mol. The lowest BCUT2D eigenvalue weighted by molar-refractivity contribution is 0.223. The Kier molecular flexibility index (Phi) is 3.00. The predicted molar refractivity (Wildman–Crippen MR) is 76.3 cm³/mol. The predicted octanol–water partition coefficient (Wildman–Crippen LogP) is 3.94. The van der Waals surface area contributed by atoms with Crippen LogP contribution in [0.15, 0.2) is 24.3 Å². The summed E-state index contributed by atoms with van der Waals surface area (Å²) in [5.41, 5.74) is 4.96. The van der Waals surface area contributed by atoms with E-state index in [-0.39, 0.29) is 0 Å². The molecule has 3 rings (SSSR count). The molecule has 0 saturated heterocycles. The molecule has 2 heteroatoms. The van der Waals surface area contributed by atoms with Crippen molar-refractivity contribution in [3.8, 4) is 0 Å². The molecule has 1 heterocycles. The Balaban J connectivity index is 1.98. The van der Waals surface area contributed by atoms with Crippen LogP contribution in [0.2, 0.25) is 0 Å². The minimum atomic E-state index is -0.458. The number of fused-ring (bicyclic) bond motifs is 1. The van der Waals surface area contributed by atoms with Gasteiger partial charge in [0.15, 0.2) is 0 Å². The van der Waals surface area contributed by atoms with Gasteiger partial charge in [-0.15, -0.1) is 11.3 Å². The van der Waals surface area contributed by atoms with Crippen LogP contribution in [0.4, 0.5) is 0 Å². The first-order valence-electron chi connectivity index (χ1n) is 6.52. The number of hydrogen-bond acceptors (Lipinski definition) is 2. The number of aliphatic hydroxyl groups is 1. The van der Waals surface area contributed by atoms with Crippen molar-refractivity contribution in [2.24, 2.45) is 0 Å². The van der Waals surface area contributed by atoms with Gasteiger partial charge in [-0.1, -0.05) is 18.2 Å². The number of aryl methyl sites for hydroxylation is 3. The van der Waals surface area contributed by atoms with E-state index in [1.54, 1.807) is 11.3 Å². The molecule has 2 aromatic rings. The van der Waals surface area contributed by atoms with Crippen molar-refractivity contribution in [3.63, 3.8) is 0 Å². The molecule has 1 aromatic carbocycles. The van der Waals surface area contributed by atoms with Crippen LogP contribution >= 0.6 is 11.3 Å². The van der Waals surface area contributed by atoms with E-state index in [9.17, 15) is 5.11 Å². The molecule has 1 aliphatic rings. The van der Waals surface area contributed by atoms with Crippen molar-refractivity contribution in [2.45, 2.75) is 39.2 Å². The lowest BCUT2D eigenvalue weighted by atomic mass is 9.98. The maximum absolute atomic E-state index is 10.6. The normalized spacial score (nSPS) is 15.7. The van der Waals surface area contributed by atoms with E-state index in [0.29, 0.717) is 0 Å². The molecule has 1 N–H and O–H groups in total. The van der Waals surface area contributed by atoms with Crippen LogP contribution in [-0.2, 0) is 12.8 Å². The molecule has 1 aliphatic carbocycles. The molecule has 1 nitrogen and oxygen atoms in total. The Labute approximate surface area is 112 Å². The van der Waals surface area contributed by atoms with Crippen LogP contribution in [0, 0.1) is 13.8 Å². The number of rotatable bonds is 2. The standard InChI is InChI=1S/C16H18OS/c1-10-5-3-7-13(11(10)2)16(17)15-9-12-6-4-8-14(12)18-15/h3,5,7,9,16-17H,4,6,8H2,1-2H3. The van der Waals surface area contributed by atoms with E-state index in [0.717, 1.165) is 10.4 Å². The molecule has 18 heavy (non-hydrogen) atoms. The fraction of sp³-hybridized carbons (Fsp3) is 0.375. The summed E-state index contributed by atoms with van der Waals surface area (Å²) in [6.45, 7) is 4.19. The monoisotopic (exact) mass is 258 g/mol. The number of hydrogen-bond donors (Lipinski definition) is 1. The zero-order valence-corrected chi connectivity index (χ0v) is 11.7. The van der Waals surface area contributed by atoms with E-state index in [1.165, 1.54) is 40.8 Å². The van der Waals surface area contributed by atoms with Gasteiger partial charge in [-0.25, -0.2) is 0 Å². The molecule has 0 amide bonds. The van der Waals surface area contributed by atoms with Crippen LogP contribution in [0.1, 0.15) is 44.5 Å². The fourth-order valence-electron chi connectivity index (χ4n) is 2.71. The number of aliphatic hydroxyl groups excluding tert-OH is 1. The molecule has 0 saturated carbocycles. The second kappa shape index (κ2) is 4.52. The zero-order chi connectivity index (χ0) is 12.7. The third-order valence-corrected chi connectivity index (χ3v) is 5.27. The van der Waals surface area contributed by atoms with Gasteiger partial charge in [0.2, 0.25) is 0 Å². The number of thiophene rings is 1. The summed E-state index contributed by atoms with van der Waals surface area (Å²) < 4.78 is 0. The second-order valence-corrected chi connectivity index (χ2v) is 6.31. The van der Waals surface area contributed by atoms with Crippen molar-refractivity contribution >= 4 is 11.3 Å². The summed E-state index contributed by atoms with van der Waals surface area (Å²) in [4.78, 5) is 2.59. The zero-order valence-electron chi connectivity index (χ0n) is 10.9. The van der Waals surface area contributed by atoms with Crippen LogP contribution in [0.25, 0.3) is 0 Å². The van der Waals surface area contributed by atoms with E-state index in [4.69, 9.17) is 0 Å². The highest BCUT2D eigenvalue weighted by Gasteiger charge is 2.20. The van der Waals surface area contributed by atoms with Crippen molar-refractivity contribution in [2.75, 3.05) is 0 Å². The molecule has 0 radical (unpaired) electrons. The van der Waals surface area contributed by atoms with Gasteiger partial charge in [-0.05, 0) is 61.4 Å². The van der Waals surface area contributed by atoms with E-state index in [1.807, 2.05) is 12.1 Å². The quantitative estimate of drug-likeness (QED) is 0.865. The Morgan fingerprint density at radius 1 is 1.22 bits per heavy atom. The summed E-state index contributed by atoms with van der Waals surface area (Å²) in [7, 11) is 0. The van der Waals surface area contributed by atoms with Crippen LogP contribution in [0.3, 0.4) is 0 Å². The van der Waals surface area contributed by atoms with Gasteiger partial charge in [-0.3, -0.25) is 0 Å². The van der Waals surface area contributed by atoms with Crippen molar-refractivity contribution in [3.05, 3.63) is 56.3 Å². The molecular formula is C16H18OS. The van der Waals surface area contributed by atoms with Gasteiger partial charge < -0.3 is 5.11 Å². The molecule has 0 fully saturated rings. The second-order valence-electron chi connectivity index (χ2n) is 5.14. The summed E-state index contributed by atoms with van der Waals surface area (Å²) in [5, 5.41) is 10.6. The summed E-state index contributed by atoms with van der Waals surface area (Å²) in [6.07, 6.45) is 3.20. The maximum atomic E-state index is 10.6. The summed E-state index contributed by atoms with van der Waals surface area (Å²) >= 11 is 1.79. The Morgan fingerprint density at radius 2 is 2.06 bits per heavy atom. The lowest BCUT2D eigenvalue weighted by Gasteiger charge is -2.14. The summed E-state index contributed by atoms with van der Waals surface area (Å²) in [6, 6.07) is 8.37. The van der Waals surface area contributed by atoms with Gasteiger partial charge in [0, 0.05) is 9.75 Å². The number of benzene rings is 1. The van der Waals surface area contributed by atoms with Gasteiger partial charge in [0.1, 0.15) is 6.10 Å². The fourth-order valence-corrected chi connectivity index (χ4v) is 3.97. The highest BCUT2D eigenvalue weighted by atomic mass is 32.1. The highest BCUT2D eigenvalue weighted by molar-refractivity contribution is 7.12. The van der Waals surface area contributed by atoms with Crippen LogP contribution in [-0.4, -0.2) is 5.11 Å². The Bertz CT molecular complexity index is 561. The summed E-state index contributed by atoms with van der Waals surface area (Å²) in [5.74, 6) is 0. The minimum absolute atomic E-state index is 0.458. The molecule has 0 spiro atoms. The smallest absolute Gasteiger partial charge is 0.113 e. The average Bonchev–Trinajstić information content (AvgIpc) is 2.92. The topological polar surface area (TPSA) is 20.2 Å². The van der Waals surface area contributed by atoms with Gasteiger partial charge in [0.05, 0.1) is 0 Å². The highest BCUT2D eigenvalue weighted by Crippen LogP contribution is 2.37. The lowest BCUT2D eigenvalue weighted by Crippen LogP contribution is -2.01. The van der Waals surface area contributed by atoms with Gasteiger partial charge in [0.25, 0.3) is 0 Å². The van der Waals surface area contributed by atoms with Gasteiger partial charge >= 0.3 is 0 Å². The molecule has 1 unspecified atom stereocenters. The molecular weight excluding hydrogens is 240 g/mol. The maximum Gasteiger partial charge on any atom is 0.113 e. The molecule has 1 atom stereocenters. The van der Waals surface area contributed by atoms with E-state index < -0.39 is 6.10 Å². The molecule has 0 aliphatic heterocycles. The van der Waals surface area contributed by atoms with E-state index >= 15 is 0 Å². The Hall–Kier alpha value is -1.12.